The number of nitriles is 2. The van der Waals surface area contributed by atoms with Gasteiger partial charge in [-0.1, -0.05) is 51.9 Å². The third kappa shape index (κ3) is 5.14. The highest BCUT2D eigenvalue weighted by Crippen LogP contribution is 2.11. The second-order valence-electron chi connectivity index (χ2n) is 4.83. The molecule has 4 heteroatoms. The van der Waals surface area contributed by atoms with E-state index >= 15 is 0 Å². The molecule has 0 aliphatic carbocycles. The van der Waals surface area contributed by atoms with Crippen LogP contribution in [0, 0.1) is 22.7 Å². The van der Waals surface area contributed by atoms with Gasteiger partial charge in [-0.2, -0.15) is 10.5 Å². The van der Waals surface area contributed by atoms with Crippen LogP contribution in [0.15, 0.2) is 6.33 Å². The topological polar surface area (TPSA) is 65.4 Å². The molecule has 0 amide bonds. The van der Waals surface area contributed by atoms with E-state index in [1.807, 2.05) is 12.1 Å². The van der Waals surface area contributed by atoms with Gasteiger partial charge in [-0.25, -0.2) is 4.98 Å². The minimum absolute atomic E-state index is 0.238. The fourth-order valence-electron chi connectivity index (χ4n) is 2.17. The molecule has 0 fully saturated rings. The zero-order valence-corrected chi connectivity index (χ0v) is 11.7. The summed E-state index contributed by atoms with van der Waals surface area (Å²) in [6.07, 6.45) is 11.7. The van der Waals surface area contributed by atoms with Crippen LogP contribution in [0.4, 0.5) is 0 Å². The van der Waals surface area contributed by atoms with Gasteiger partial charge in [-0.05, 0) is 6.42 Å². The van der Waals surface area contributed by atoms with Crippen molar-refractivity contribution in [3.63, 3.8) is 0 Å². The van der Waals surface area contributed by atoms with E-state index in [0.717, 1.165) is 13.0 Å². The Morgan fingerprint density at radius 2 is 1.63 bits per heavy atom. The van der Waals surface area contributed by atoms with Gasteiger partial charge in [0.05, 0.1) is 6.33 Å². The minimum atomic E-state index is 0.238. The molecule has 0 atom stereocenters. The molecule has 0 unspecified atom stereocenters. The lowest BCUT2D eigenvalue weighted by Gasteiger charge is -2.04. The first kappa shape index (κ1) is 15.2. The Kier molecular flexibility index (Phi) is 7.35. The number of hydrogen-bond donors (Lipinski definition) is 0. The SMILES string of the molecule is CCCCCCCCCCn1cnc(C#N)c1C#N. The number of hydrogen-bond acceptors (Lipinski definition) is 3. The normalized spacial score (nSPS) is 10.1. The van der Waals surface area contributed by atoms with Gasteiger partial charge in [-0.3, -0.25) is 0 Å². The smallest absolute Gasteiger partial charge is 0.176 e. The summed E-state index contributed by atoms with van der Waals surface area (Å²) in [6, 6.07) is 3.99. The Bertz CT molecular complexity index is 448. The lowest BCUT2D eigenvalue weighted by atomic mass is 10.1. The van der Waals surface area contributed by atoms with E-state index in [2.05, 4.69) is 11.9 Å². The molecule has 0 saturated carbocycles. The minimum Gasteiger partial charge on any atom is -0.321 e. The fourth-order valence-corrected chi connectivity index (χ4v) is 2.17. The summed E-state index contributed by atoms with van der Waals surface area (Å²) < 4.78 is 1.79. The molecule has 4 nitrogen and oxygen atoms in total. The van der Waals surface area contributed by atoms with Gasteiger partial charge in [0, 0.05) is 6.54 Å². The van der Waals surface area contributed by atoms with E-state index < -0.39 is 0 Å². The predicted molar refractivity (Wildman–Crippen MR) is 74.3 cm³/mol. The Morgan fingerprint density at radius 3 is 2.21 bits per heavy atom. The van der Waals surface area contributed by atoms with Gasteiger partial charge >= 0.3 is 0 Å². The molecule has 1 heterocycles. The van der Waals surface area contributed by atoms with Crippen LogP contribution in [0.5, 0.6) is 0 Å². The fraction of sp³-hybridized carbons (Fsp3) is 0.667. The Hall–Kier alpha value is -1.81. The number of rotatable bonds is 9. The van der Waals surface area contributed by atoms with Gasteiger partial charge in [0.1, 0.15) is 12.1 Å². The van der Waals surface area contributed by atoms with Gasteiger partial charge < -0.3 is 4.57 Å². The summed E-state index contributed by atoms with van der Waals surface area (Å²) >= 11 is 0. The molecule has 0 saturated heterocycles. The molecule has 0 aliphatic heterocycles. The van der Waals surface area contributed by atoms with Gasteiger partial charge in [0.15, 0.2) is 11.4 Å². The Labute approximate surface area is 115 Å². The zero-order valence-electron chi connectivity index (χ0n) is 11.7. The van der Waals surface area contributed by atoms with Crippen molar-refractivity contribution in [3.8, 4) is 12.1 Å². The van der Waals surface area contributed by atoms with Crippen LogP contribution >= 0.6 is 0 Å². The number of aryl methyl sites for hydroxylation is 1. The van der Waals surface area contributed by atoms with Crippen LogP contribution in [0.2, 0.25) is 0 Å². The molecule has 1 aromatic heterocycles. The van der Waals surface area contributed by atoms with E-state index in [-0.39, 0.29) is 5.69 Å². The van der Waals surface area contributed by atoms with E-state index in [0.29, 0.717) is 5.69 Å². The molecule has 1 rings (SSSR count). The van der Waals surface area contributed by atoms with Crippen molar-refractivity contribution in [1.29, 1.82) is 10.5 Å². The molecule has 19 heavy (non-hydrogen) atoms. The standard InChI is InChI=1S/C15H22N4/c1-2-3-4-5-6-7-8-9-10-19-13-18-14(11-16)15(19)12-17/h13H,2-10H2,1H3. The molecule has 0 aliphatic rings. The van der Waals surface area contributed by atoms with Gasteiger partial charge in [0.2, 0.25) is 0 Å². The first-order chi connectivity index (χ1) is 9.33. The summed E-state index contributed by atoms with van der Waals surface area (Å²) in [4.78, 5) is 3.93. The second kappa shape index (κ2) is 9.16. The maximum atomic E-state index is 8.98. The van der Waals surface area contributed by atoms with Gasteiger partial charge in [-0.15, -0.1) is 0 Å². The summed E-state index contributed by atoms with van der Waals surface area (Å²) in [7, 11) is 0. The highest BCUT2D eigenvalue weighted by atomic mass is 15.1. The Morgan fingerprint density at radius 1 is 1.00 bits per heavy atom. The first-order valence-electron chi connectivity index (χ1n) is 7.18. The van der Waals surface area contributed by atoms with E-state index in [9.17, 15) is 0 Å². The highest BCUT2D eigenvalue weighted by molar-refractivity contribution is 5.35. The third-order valence-corrected chi connectivity index (χ3v) is 3.30. The number of unbranched alkanes of at least 4 members (excludes halogenated alkanes) is 7. The van der Waals surface area contributed by atoms with Gasteiger partial charge in [0.25, 0.3) is 0 Å². The van der Waals surface area contributed by atoms with Crippen molar-refractivity contribution in [1.82, 2.24) is 9.55 Å². The van der Waals surface area contributed by atoms with Crippen LogP contribution in [0.25, 0.3) is 0 Å². The summed E-state index contributed by atoms with van der Waals surface area (Å²) in [5, 5.41) is 17.8. The summed E-state index contributed by atoms with van der Waals surface area (Å²) in [5.41, 5.74) is 0.632. The lowest BCUT2D eigenvalue weighted by molar-refractivity contribution is 0.542. The molecule has 1 aromatic rings. The van der Waals surface area contributed by atoms with Crippen molar-refractivity contribution in [3.05, 3.63) is 17.7 Å². The second-order valence-corrected chi connectivity index (χ2v) is 4.83. The molecule has 102 valence electrons. The maximum Gasteiger partial charge on any atom is 0.176 e. The van der Waals surface area contributed by atoms with Crippen LogP contribution in [-0.4, -0.2) is 9.55 Å². The molecule has 0 radical (unpaired) electrons. The number of imidazole rings is 1. The van der Waals surface area contributed by atoms with Crippen molar-refractivity contribution in [2.24, 2.45) is 0 Å². The Balaban J connectivity index is 2.18. The summed E-state index contributed by atoms with van der Waals surface area (Å²) in [5.74, 6) is 0. The monoisotopic (exact) mass is 258 g/mol. The molecular weight excluding hydrogens is 236 g/mol. The third-order valence-electron chi connectivity index (χ3n) is 3.30. The largest absolute Gasteiger partial charge is 0.321 e. The molecule has 0 spiro atoms. The van der Waals surface area contributed by atoms with Crippen molar-refractivity contribution >= 4 is 0 Å². The molecule has 0 aromatic carbocycles. The van der Waals surface area contributed by atoms with Crippen LogP contribution in [0.1, 0.15) is 69.7 Å². The van der Waals surface area contributed by atoms with Crippen molar-refractivity contribution in [2.75, 3.05) is 0 Å². The number of nitrogens with zero attached hydrogens (tertiary/aromatic N) is 4. The maximum absolute atomic E-state index is 8.98. The average molecular weight is 258 g/mol. The quantitative estimate of drug-likeness (QED) is 0.633. The van der Waals surface area contributed by atoms with E-state index in [1.165, 1.54) is 44.9 Å². The van der Waals surface area contributed by atoms with Crippen molar-refractivity contribution in [2.45, 2.75) is 64.8 Å². The lowest BCUT2D eigenvalue weighted by Crippen LogP contribution is -2.00. The van der Waals surface area contributed by atoms with E-state index in [1.54, 1.807) is 10.9 Å². The summed E-state index contributed by atoms with van der Waals surface area (Å²) in [6.45, 7) is 3.01. The zero-order chi connectivity index (χ0) is 13.9. The first-order valence-corrected chi connectivity index (χ1v) is 7.18. The van der Waals surface area contributed by atoms with Crippen LogP contribution < -0.4 is 0 Å². The molecular formula is C15H22N4. The van der Waals surface area contributed by atoms with E-state index in [4.69, 9.17) is 10.5 Å². The van der Waals surface area contributed by atoms with Crippen LogP contribution in [0.3, 0.4) is 0 Å². The highest BCUT2D eigenvalue weighted by Gasteiger charge is 2.08. The van der Waals surface area contributed by atoms with Crippen LogP contribution in [-0.2, 0) is 6.54 Å². The molecule has 0 bridgehead atoms. The van der Waals surface area contributed by atoms with Crippen molar-refractivity contribution < 1.29 is 0 Å². The molecule has 0 N–H and O–H groups in total. The average Bonchev–Trinajstić information content (AvgIpc) is 2.83. The predicted octanol–water partition coefficient (Wildman–Crippen LogP) is 3.77. The number of aromatic nitrogens is 2.